The zero-order chi connectivity index (χ0) is 16.4. The van der Waals surface area contributed by atoms with Gasteiger partial charge in [-0.25, -0.2) is 4.68 Å². The number of anilines is 1. The monoisotopic (exact) mass is 337 g/mol. The smallest absolute Gasteiger partial charge is 0.276 e. The Morgan fingerprint density at radius 1 is 1.21 bits per heavy atom. The SMILES string of the molecule is O=C(Nc1ccc(-n2cnnn2)cc1)c1cc(-c2cccs2)[nH]n1. The highest BCUT2D eigenvalue weighted by Gasteiger charge is 2.12. The summed E-state index contributed by atoms with van der Waals surface area (Å²) in [5.41, 5.74) is 2.63. The van der Waals surface area contributed by atoms with Gasteiger partial charge in [-0.1, -0.05) is 6.07 Å². The lowest BCUT2D eigenvalue weighted by atomic mass is 10.2. The molecule has 24 heavy (non-hydrogen) atoms. The molecule has 2 N–H and O–H groups in total. The Hall–Kier alpha value is -3.33. The second-order valence-corrected chi connectivity index (χ2v) is 5.85. The van der Waals surface area contributed by atoms with Gasteiger partial charge in [-0.15, -0.1) is 16.4 Å². The molecular formula is C15H11N7OS. The van der Waals surface area contributed by atoms with Crippen LogP contribution in [-0.4, -0.2) is 36.3 Å². The minimum atomic E-state index is -0.274. The van der Waals surface area contributed by atoms with Crippen LogP contribution in [0, 0.1) is 0 Å². The Bertz CT molecular complexity index is 942. The van der Waals surface area contributed by atoms with E-state index in [1.807, 2.05) is 29.6 Å². The number of H-pyrrole nitrogens is 1. The summed E-state index contributed by atoms with van der Waals surface area (Å²) in [6.07, 6.45) is 1.50. The maximum atomic E-state index is 12.3. The number of nitrogens with zero attached hydrogens (tertiary/aromatic N) is 5. The number of carbonyl (C=O) groups excluding carboxylic acids is 1. The fraction of sp³-hybridized carbons (Fsp3) is 0. The van der Waals surface area contributed by atoms with Crippen LogP contribution in [0.2, 0.25) is 0 Å². The van der Waals surface area contributed by atoms with E-state index in [-0.39, 0.29) is 5.91 Å². The first-order valence-corrected chi connectivity index (χ1v) is 7.91. The van der Waals surface area contributed by atoms with E-state index < -0.39 is 0 Å². The number of benzene rings is 1. The topological polar surface area (TPSA) is 101 Å². The molecule has 3 heterocycles. The first kappa shape index (κ1) is 14.3. The molecule has 0 spiro atoms. The van der Waals surface area contributed by atoms with Crippen LogP contribution in [0.5, 0.6) is 0 Å². The van der Waals surface area contributed by atoms with Gasteiger partial charge in [-0.2, -0.15) is 5.10 Å². The van der Waals surface area contributed by atoms with Crippen molar-refractivity contribution in [3.05, 3.63) is 59.9 Å². The third-order valence-corrected chi connectivity index (χ3v) is 4.24. The van der Waals surface area contributed by atoms with Crippen LogP contribution in [0.3, 0.4) is 0 Å². The van der Waals surface area contributed by atoms with Crippen LogP contribution < -0.4 is 5.32 Å². The van der Waals surface area contributed by atoms with E-state index in [0.717, 1.165) is 16.3 Å². The molecule has 118 valence electrons. The quantitative estimate of drug-likeness (QED) is 0.595. The van der Waals surface area contributed by atoms with Crippen molar-refractivity contribution in [1.29, 1.82) is 0 Å². The van der Waals surface area contributed by atoms with E-state index in [1.165, 1.54) is 11.0 Å². The van der Waals surface area contributed by atoms with Crippen LogP contribution >= 0.6 is 11.3 Å². The van der Waals surface area contributed by atoms with Crippen molar-refractivity contribution in [2.75, 3.05) is 5.32 Å². The summed E-state index contributed by atoms with van der Waals surface area (Å²) >= 11 is 1.58. The maximum absolute atomic E-state index is 12.3. The summed E-state index contributed by atoms with van der Waals surface area (Å²) < 4.78 is 1.53. The lowest BCUT2D eigenvalue weighted by molar-refractivity contribution is 0.102. The summed E-state index contributed by atoms with van der Waals surface area (Å²) in [7, 11) is 0. The number of thiophene rings is 1. The molecule has 1 amide bonds. The standard InChI is InChI=1S/C15H11N7OS/c23-15(13-8-12(18-19-13)14-2-1-7-24-14)17-10-3-5-11(6-4-10)22-9-16-20-21-22/h1-9H,(H,17,23)(H,18,19). The van der Waals surface area contributed by atoms with Gasteiger partial charge in [0, 0.05) is 5.69 Å². The summed E-state index contributed by atoms with van der Waals surface area (Å²) in [4.78, 5) is 13.3. The second kappa shape index (κ2) is 6.05. The number of carbonyl (C=O) groups is 1. The fourth-order valence-electron chi connectivity index (χ4n) is 2.17. The number of hydrogen-bond acceptors (Lipinski definition) is 6. The Kier molecular flexibility index (Phi) is 3.60. The molecule has 0 aliphatic rings. The third kappa shape index (κ3) is 2.79. The molecule has 0 fully saturated rings. The molecule has 9 heteroatoms. The van der Waals surface area contributed by atoms with Gasteiger partial charge in [0.25, 0.3) is 5.91 Å². The molecule has 3 aromatic heterocycles. The number of tetrazole rings is 1. The average molecular weight is 337 g/mol. The van der Waals surface area contributed by atoms with E-state index in [0.29, 0.717) is 11.4 Å². The van der Waals surface area contributed by atoms with Crippen molar-refractivity contribution in [3.63, 3.8) is 0 Å². The van der Waals surface area contributed by atoms with E-state index in [1.54, 1.807) is 29.5 Å². The highest BCUT2D eigenvalue weighted by atomic mass is 32.1. The zero-order valence-electron chi connectivity index (χ0n) is 12.2. The Labute approximate surface area is 140 Å². The van der Waals surface area contributed by atoms with Crippen LogP contribution in [-0.2, 0) is 0 Å². The first-order chi connectivity index (χ1) is 11.8. The van der Waals surface area contributed by atoms with Gasteiger partial charge in [0.05, 0.1) is 16.3 Å². The summed E-state index contributed by atoms with van der Waals surface area (Å²) in [6, 6.07) is 12.8. The van der Waals surface area contributed by atoms with Crippen LogP contribution in [0.1, 0.15) is 10.5 Å². The second-order valence-electron chi connectivity index (χ2n) is 4.90. The minimum absolute atomic E-state index is 0.274. The van der Waals surface area contributed by atoms with E-state index >= 15 is 0 Å². The van der Waals surface area contributed by atoms with Crippen molar-refractivity contribution >= 4 is 22.9 Å². The van der Waals surface area contributed by atoms with Gasteiger partial charge < -0.3 is 5.32 Å². The lowest BCUT2D eigenvalue weighted by Crippen LogP contribution is -2.12. The molecule has 0 unspecified atom stereocenters. The van der Waals surface area contributed by atoms with Gasteiger partial charge in [-0.3, -0.25) is 9.89 Å². The van der Waals surface area contributed by atoms with Crippen molar-refractivity contribution in [1.82, 2.24) is 30.4 Å². The Morgan fingerprint density at radius 2 is 2.08 bits per heavy atom. The minimum Gasteiger partial charge on any atom is -0.321 e. The molecule has 0 aliphatic carbocycles. The zero-order valence-corrected chi connectivity index (χ0v) is 13.1. The molecule has 1 aromatic carbocycles. The molecule has 4 aromatic rings. The predicted octanol–water partition coefficient (Wildman–Crippen LogP) is 2.37. The summed E-state index contributed by atoms with van der Waals surface area (Å²) in [5.74, 6) is -0.274. The first-order valence-electron chi connectivity index (χ1n) is 7.04. The number of rotatable bonds is 4. The van der Waals surface area contributed by atoms with Crippen molar-refractivity contribution in [3.8, 4) is 16.3 Å². The van der Waals surface area contributed by atoms with Gasteiger partial charge in [0.2, 0.25) is 0 Å². The van der Waals surface area contributed by atoms with Crippen LogP contribution in [0.25, 0.3) is 16.3 Å². The summed E-state index contributed by atoms with van der Waals surface area (Å²) in [5, 5.41) is 22.7. The Balaban J connectivity index is 1.48. The largest absolute Gasteiger partial charge is 0.321 e. The van der Waals surface area contributed by atoms with Gasteiger partial charge >= 0.3 is 0 Å². The van der Waals surface area contributed by atoms with Gasteiger partial charge in [-0.05, 0) is 52.2 Å². The number of aromatic nitrogens is 6. The fourth-order valence-corrected chi connectivity index (χ4v) is 2.86. The average Bonchev–Trinajstić information content (AvgIpc) is 3.35. The maximum Gasteiger partial charge on any atom is 0.276 e. The van der Waals surface area contributed by atoms with Crippen molar-refractivity contribution in [2.45, 2.75) is 0 Å². The molecule has 0 saturated carbocycles. The number of amides is 1. The van der Waals surface area contributed by atoms with E-state index in [4.69, 9.17) is 0 Å². The van der Waals surface area contributed by atoms with Crippen LogP contribution in [0.4, 0.5) is 5.69 Å². The normalized spacial score (nSPS) is 10.7. The molecule has 4 rings (SSSR count). The van der Waals surface area contributed by atoms with Gasteiger partial charge in [0.1, 0.15) is 6.33 Å². The molecule has 0 atom stereocenters. The van der Waals surface area contributed by atoms with Crippen molar-refractivity contribution in [2.24, 2.45) is 0 Å². The highest BCUT2D eigenvalue weighted by Crippen LogP contribution is 2.23. The number of nitrogens with one attached hydrogen (secondary N) is 2. The molecule has 8 nitrogen and oxygen atoms in total. The highest BCUT2D eigenvalue weighted by molar-refractivity contribution is 7.13. The van der Waals surface area contributed by atoms with Gasteiger partial charge in [0.15, 0.2) is 5.69 Å². The molecule has 0 bridgehead atoms. The van der Waals surface area contributed by atoms with Crippen LogP contribution in [0.15, 0.2) is 54.2 Å². The number of hydrogen-bond donors (Lipinski definition) is 2. The molecule has 0 aliphatic heterocycles. The molecular weight excluding hydrogens is 326 g/mol. The molecule has 0 radical (unpaired) electrons. The van der Waals surface area contributed by atoms with E-state index in [2.05, 4.69) is 31.0 Å². The third-order valence-electron chi connectivity index (χ3n) is 3.34. The van der Waals surface area contributed by atoms with E-state index in [9.17, 15) is 4.79 Å². The lowest BCUT2D eigenvalue weighted by Gasteiger charge is -2.04. The number of aromatic amines is 1. The molecule has 0 saturated heterocycles. The van der Waals surface area contributed by atoms with Crippen molar-refractivity contribution < 1.29 is 4.79 Å². The summed E-state index contributed by atoms with van der Waals surface area (Å²) in [6.45, 7) is 0. The Morgan fingerprint density at radius 3 is 2.79 bits per heavy atom. The predicted molar refractivity (Wildman–Crippen MR) is 89.0 cm³/mol.